The maximum absolute atomic E-state index is 11.4. The Bertz CT molecular complexity index is 749. The third kappa shape index (κ3) is 3.29. The van der Waals surface area contributed by atoms with Crippen molar-refractivity contribution in [2.24, 2.45) is 13.0 Å². The molecule has 1 aromatic heterocycles. The molecule has 0 aliphatic carbocycles. The number of nitro benzene ring substituents is 1. The van der Waals surface area contributed by atoms with Crippen molar-refractivity contribution in [1.29, 1.82) is 0 Å². The van der Waals surface area contributed by atoms with Gasteiger partial charge in [0.2, 0.25) is 0 Å². The number of hydrogen-bond donors (Lipinski definition) is 1. The van der Waals surface area contributed by atoms with Crippen LogP contribution in [0.5, 0.6) is 0 Å². The molecule has 2 heterocycles. The largest absolute Gasteiger partial charge is 0.385 e. The van der Waals surface area contributed by atoms with Gasteiger partial charge >= 0.3 is 0 Å². The molecule has 0 spiro atoms. The van der Waals surface area contributed by atoms with Crippen molar-refractivity contribution in [3.63, 3.8) is 0 Å². The highest BCUT2D eigenvalue weighted by molar-refractivity contribution is 9.10. The molecular formula is C16H19BrN4O3. The highest BCUT2D eigenvalue weighted by atomic mass is 79.9. The fraction of sp³-hybridized carbons (Fsp3) is 0.438. The summed E-state index contributed by atoms with van der Waals surface area (Å²) in [6, 6.07) is 5.09. The second-order valence-corrected chi connectivity index (χ2v) is 7.00. The predicted octanol–water partition coefficient (Wildman–Crippen LogP) is 3.04. The van der Waals surface area contributed by atoms with Crippen molar-refractivity contribution in [3.8, 4) is 0 Å². The molecule has 0 amide bonds. The van der Waals surface area contributed by atoms with Crippen LogP contribution in [0.2, 0.25) is 0 Å². The van der Waals surface area contributed by atoms with Crippen LogP contribution < -0.4 is 4.90 Å². The van der Waals surface area contributed by atoms with Crippen LogP contribution in [0, 0.1) is 16.0 Å². The van der Waals surface area contributed by atoms with Gasteiger partial charge in [-0.05, 0) is 25.0 Å². The van der Waals surface area contributed by atoms with Crippen LogP contribution in [0.4, 0.5) is 11.4 Å². The van der Waals surface area contributed by atoms with Crippen LogP contribution in [0.25, 0.3) is 0 Å². The number of nitrogens with zero attached hydrogens (tertiary/aromatic N) is 4. The van der Waals surface area contributed by atoms with Gasteiger partial charge in [0, 0.05) is 49.0 Å². The van der Waals surface area contributed by atoms with E-state index in [1.54, 1.807) is 24.5 Å². The number of hydrogen-bond acceptors (Lipinski definition) is 5. The van der Waals surface area contributed by atoms with E-state index in [2.05, 4.69) is 20.9 Å². The van der Waals surface area contributed by atoms with Gasteiger partial charge in [-0.1, -0.05) is 15.9 Å². The minimum absolute atomic E-state index is 0.0110. The van der Waals surface area contributed by atoms with Gasteiger partial charge in [-0.3, -0.25) is 10.1 Å². The lowest BCUT2D eigenvalue weighted by Gasteiger charge is -2.36. The number of aromatic nitrogens is 2. The highest BCUT2D eigenvalue weighted by Gasteiger charge is 2.31. The number of rotatable bonds is 4. The van der Waals surface area contributed by atoms with Gasteiger partial charge in [0.25, 0.3) is 5.69 Å². The highest BCUT2D eigenvalue weighted by Crippen LogP contribution is 2.36. The third-order valence-corrected chi connectivity index (χ3v) is 5.00. The van der Waals surface area contributed by atoms with Crippen LogP contribution in [-0.4, -0.2) is 32.7 Å². The molecule has 128 valence electrons. The molecule has 2 unspecified atom stereocenters. The molecule has 24 heavy (non-hydrogen) atoms. The van der Waals surface area contributed by atoms with E-state index in [-0.39, 0.29) is 16.5 Å². The van der Waals surface area contributed by atoms with Crippen molar-refractivity contribution in [1.82, 2.24) is 9.55 Å². The molecule has 0 radical (unpaired) electrons. The maximum atomic E-state index is 11.4. The van der Waals surface area contributed by atoms with Crippen molar-refractivity contribution >= 4 is 27.3 Å². The summed E-state index contributed by atoms with van der Waals surface area (Å²) in [5.74, 6) is 0.621. The number of imidazole rings is 1. The molecule has 8 heteroatoms. The van der Waals surface area contributed by atoms with Crippen LogP contribution in [-0.2, 0) is 7.05 Å². The Morgan fingerprint density at radius 3 is 2.96 bits per heavy atom. The van der Waals surface area contributed by atoms with Crippen LogP contribution in [0.15, 0.2) is 35.1 Å². The first-order valence-corrected chi connectivity index (χ1v) is 8.61. The molecule has 2 atom stereocenters. The summed E-state index contributed by atoms with van der Waals surface area (Å²) in [5.41, 5.74) is 0.677. The Hall–Kier alpha value is -1.93. The Labute approximate surface area is 148 Å². The molecule has 3 rings (SSSR count). The number of anilines is 1. The molecule has 1 N–H and O–H groups in total. The first-order chi connectivity index (χ1) is 11.5. The average Bonchev–Trinajstić information content (AvgIpc) is 3.00. The number of aliphatic hydroxyl groups is 1. The van der Waals surface area contributed by atoms with E-state index in [1.165, 1.54) is 6.07 Å². The second kappa shape index (κ2) is 6.90. The summed E-state index contributed by atoms with van der Waals surface area (Å²) < 4.78 is 2.49. The average molecular weight is 395 g/mol. The molecule has 0 bridgehead atoms. The number of benzene rings is 1. The number of nitro groups is 1. The summed E-state index contributed by atoms with van der Waals surface area (Å²) >= 11 is 3.28. The molecule has 1 aromatic carbocycles. The molecule has 1 aliphatic heterocycles. The number of aryl methyl sites for hydroxylation is 1. The standard InChI is InChI=1S/C16H19BrN4O3/c1-19-8-6-18-16(19)15(22)11-3-2-7-20(10-11)13-5-4-12(17)9-14(13)21(23)24/h4-6,8-9,11,15,22H,2-3,7,10H2,1H3. The van der Waals surface area contributed by atoms with Crippen LogP contribution in [0.3, 0.4) is 0 Å². The Morgan fingerprint density at radius 1 is 1.50 bits per heavy atom. The van der Waals surface area contributed by atoms with Crippen molar-refractivity contribution < 1.29 is 10.0 Å². The molecule has 1 saturated heterocycles. The minimum atomic E-state index is -0.678. The Balaban J connectivity index is 1.84. The number of halogens is 1. The normalized spacial score (nSPS) is 19.3. The van der Waals surface area contributed by atoms with E-state index in [1.807, 2.05) is 16.5 Å². The van der Waals surface area contributed by atoms with Crippen LogP contribution in [0.1, 0.15) is 24.8 Å². The first kappa shape index (κ1) is 16.9. The second-order valence-electron chi connectivity index (χ2n) is 6.08. The minimum Gasteiger partial charge on any atom is -0.385 e. The fourth-order valence-corrected chi connectivity index (χ4v) is 3.62. The third-order valence-electron chi connectivity index (χ3n) is 4.50. The number of piperidine rings is 1. The molecule has 0 saturated carbocycles. The maximum Gasteiger partial charge on any atom is 0.293 e. The SMILES string of the molecule is Cn1ccnc1C(O)C1CCCN(c2ccc(Br)cc2[N+](=O)[O-])C1. The van der Waals surface area contributed by atoms with E-state index in [0.717, 1.165) is 19.4 Å². The molecule has 7 nitrogen and oxygen atoms in total. The molecule has 1 aliphatic rings. The van der Waals surface area contributed by atoms with E-state index in [4.69, 9.17) is 0 Å². The smallest absolute Gasteiger partial charge is 0.293 e. The van der Waals surface area contributed by atoms with E-state index < -0.39 is 6.10 Å². The van der Waals surface area contributed by atoms with Gasteiger partial charge in [-0.15, -0.1) is 0 Å². The quantitative estimate of drug-likeness (QED) is 0.636. The zero-order chi connectivity index (χ0) is 17.3. The zero-order valence-electron chi connectivity index (χ0n) is 13.3. The van der Waals surface area contributed by atoms with Gasteiger partial charge in [-0.25, -0.2) is 4.98 Å². The summed E-state index contributed by atoms with van der Waals surface area (Å²) in [7, 11) is 1.85. The summed E-state index contributed by atoms with van der Waals surface area (Å²) in [6.45, 7) is 1.31. The van der Waals surface area contributed by atoms with Crippen molar-refractivity contribution in [2.45, 2.75) is 18.9 Å². The number of aliphatic hydroxyl groups excluding tert-OH is 1. The summed E-state index contributed by atoms with van der Waals surface area (Å²) in [5, 5.41) is 22.0. The monoisotopic (exact) mass is 394 g/mol. The summed E-state index contributed by atoms with van der Waals surface area (Å²) in [6.07, 6.45) is 4.54. The zero-order valence-corrected chi connectivity index (χ0v) is 14.9. The van der Waals surface area contributed by atoms with E-state index >= 15 is 0 Å². The van der Waals surface area contributed by atoms with E-state index in [9.17, 15) is 15.2 Å². The van der Waals surface area contributed by atoms with Gasteiger partial charge in [0.05, 0.1) is 4.92 Å². The van der Waals surface area contributed by atoms with Crippen molar-refractivity contribution in [3.05, 3.63) is 51.0 Å². The van der Waals surface area contributed by atoms with Gasteiger partial charge in [-0.2, -0.15) is 0 Å². The Morgan fingerprint density at radius 2 is 2.29 bits per heavy atom. The lowest BCUT2D eigenvalue weighted by molar-refractivity contribution is -0.384. The fourth-order valence-electron chi connectivity index (χ4n) is 3.27. The van der Waals surface area contributed by atoms with Crippen molar-refractivity contribution in [2.75, 3.05) is 18.0 Å². The predicted molar refractivity (Wildman–Crippen MR) is 93.9 cm³/mol. The van der Waals surface area contributed by atoms with Crippen LogP contribution >= 0.6 is 15.9 Å². The summed E-state index contributed by atoms with van der Waals surface area (Å²) in [4.78, 5) is 17.2. The van der Waals surface area contributed by atoms with E-state index in [0.29, 0.717) is 22.5 Å². The first-order valence-electron chi connectivity index (χ1n) is 7.81. The lowest BCUT2D eigenvalue weighted by atomic mass is 9.91. The molecule has 2 aromatic rings. The van der Waals surface area contributed by atoms with Gasteiger partial charge in [0.15, 0.2) is 0 Å². The lowest BCUT2D eigenvalue weighted by Crippen LogP contribution is -2.38. The van der Waals surface area contributed by atoms with Gasteiger partial charge in [0.1, 0.15) is 17.6 Å². The molecule has 1 fully saturated rings. The molecular weight excluding hydrogens is 376 g/mol. The Kier molecular flexibility index (Phi) is 4.86. The topological polar surface area (TPSA) is 84.4 Å². The van der Waals surface area contributed by atoms with Gasteiger partial charge < -0.3 is 14.6 Å².